The van der Waals surface area contributed by atoms with E-state index in [2.05, 4.69) is 10.3 Å². The number of para-hydroxylation sites is 2. The number of aliphatic hydroxyl groups excluding tert-OH is 1. The fourth-order valence-electron chi connectivity index (χ4n) is 1.91. The summed E-state index contributed by atoms with van der Waals surface area (Å²) >= 11 is 0. The SMILES string of the molecule is COCC(CCO)NC(=O)/C=C/c1nc2ccccc2o1. The van der Waals surface area contributed by atoms with Gasteiger partial charge in [-0.25, -0.2) is 4.98 Å². The van der Waals surface area contributed by atoms with Gasteiger partial charge in [-0.15, -0.1) is 0 Å². The van der Waals surface area contributed by atoms with E-state index in [0.29, 0.717) is 24.5 Å². The Hall–Kier alpha value is -2.18. The number of benzene rings is 1. The van der Waals surface area contributed by atoms with Crippen molar-refractivity contribution in [2.75, 3.05) is 20.3 Å². The van der Waals surface area contributed by atoms with Gasteiger partial charge in [-0.05, 0) is 18.6 Å². The minimum atomic E-state index is -0.284. The third kappa shape index (κ3) is 4.40. The van der Waals surface area contributed by atoms with Gasteiger partial charge in [-0.1, -0.05) is 12.1 Å². The molecule has 6 nitrogen and oxygen atoms in total. The third-order valence-electron chi connectivity index (χ3n) is 2.88. The maximum atomic E-state index is 11.8. The van der Waals surface area contributed by atoms with Crippen molar-refractivity contribution in [3.8, 4) is 0 Å². The molecule has 0 fully saturated rings. The summed E-state index contributed by atoms with van der Waals surface area (Å²) in [6.07, 6.45) is 3.30. The Balaban J connectivity index is 1.97. The second-order valence-corrected chi connectivity index (χ2v) is 4.53. The van der Waals surface area contributed by atoms with Gasteiger partial charge in [-0.2, -0.15) is 0 Å². The van der Waals surface area contributed by atoms with E-state index < -0.39 is 0 Å². The average Bonchev–Trinajstić information content (AvgIpc) is 2.88. The fraction of sp³-hybridized carbons (Fsp3) is 0.333. The van der Waals surface area contributed by atoms with Gasteiger partial charge in [0.15, 0.2) is 5.58 Å². The molecule has 0 spiro atoms. The normalized spacial score (nSPS) is 12.9. The zero-order valence-corrected chi connectivity index (χ0v) is 11.8. The molecule has 0 aliphatic carbocycles. The Morgan fingerprint density at radius 3 is 3.05 bits per heavy atom. The number of ether oxygens (including phenoxy) is 1. The number of carbonyl (C=O) groups is 1. The quantitative estimate of drug-likeness (QED) is 0.752. The monoisotopic (exact) mass is 290 g/mol. The molecular weight excluding hydrogens is 272 g/mol. The third-order valence-corrected chi connectivity index (χ3v) is 2.88. The van der Waals surface area contributed by atoms with Crippen LogP contribution in [-0.4, -0.2) is 42.4 Å². The van der Waals surface area contributed by atoms with Crippen molar-refractivity contribution in [1.29, 1.82) is 0 Å². The number of hydrogen-bond acceptors (Lipinski definition) is 5. The highest BCUT2D eigenvalue weighted by Crippen LogP contribution is 2.15. The maximum Gasteiger partial charge on any atom is 0.244 e. The van der Waals surface area contributed by atoms with Gasteiger partial charge in [0.05, 0.1) is 12.6 Å². The molecule has 1 heterocycles. The summed E-state index contributed by atoms with van der Waals surface area (Å²) in [6, 6.07) is 7.16. The Bertz CT molecular complexity index is 582. The number of aliphatic hydroxyl groups is 1. The summed E-state index contributed by atoms with van der Waals surface area (Å²) in [5.41, 5.74) is 1.42. The van der Waals surface area contributed by atoms with E-state index in [1.54, 1.807) is 7.11 Å². The highest BCUT2D eigenvalue weighted by atomic mass is 16.5. The number of rotatable bonds is 7. The van der Waals surface area contributed by atoms with Crippen LogP contribution in [0.5, 0.6) is 0 Å². The number of hydrogen-bond donors (Lipinski definition) is 2. The maximum absolute atomic E-state index is 11.8. The molecule has 112 valence electrons. The van der Waals surface area contributed by atoms with Crippen LogP contribution in [0.4, 0.5) is 0 Å². The van der Waals surface area contributed by atoms with Gasteiger partial charge >= 0.3 is 0 Å². The largest absolute Gasteiger partial charge is 0.437 e. The number of aromatic nitrogens is 1. The lowest BCUT2D eigenvalue weighted by atomic mass is 10.2. The molecule has 0 aliphatic rings. The van der Waals surface area contributed by atoms with E-state index in [1.165, 1.54) is 12.2 Å². The number of nitrogens with one attached hydrogen (secondary N) is 1. The second kappa shape index (κ2) is 7.56. The number of carbonyl (C=O) groups excluding carboxylic acids is 1. The first-order chi connectivity index (χ1) is 10.2. The number of amides is 1. The minimum Gasteiger partial charge on any atom is -0.437 e. The molecular formula is C15H18N2O4. The molecule has 0 saturated carbocycles. The van der Waals surface area contributed by atoms with Crippen LogP contribution >= 0.6 is 0 Å². The van der Waals surface area contributed by atoms with E-state index >= 15 is 0 Å². The minimum absolute atomic E-state index is 0.0108. The molecule has 1 atom stereocenters. The van der Waals surface area contributed by atoms with Crippen molar-refractivity contribution in [2.45, 2.75) is 12.5 Å². The molecule has 6 heteroatoms. The Morgan fingerprint density at radius 2 is 2.33 bits per heavy atom. The Labute approximate surface area is 122 Å². The van der Waals surface area contributed by atoms with Crippen molar-refractivity contribution in [1.82, 2.24) is 10.3 Å². The smallest absolute Gasteiger partial charge is 0.244 e. The summed E-state index contributed by atoms with van der Waals surface area (Å²) < 4.78 is 10.5. The van der Waals surface area contributed by atoms with Crippen LogP contribution in [0.25, 0.3) is 17.2 Å². The van der Waals surface area contributed by atoms with Crippen LogP contribution in [0.3, 0.4) is 0 Å². The molecule has 0 bridgehead atoms. The number of methoxy groups -OCH3 is 1. The van der Waals surface area contributed by atoms with Gasteiger partial charge in [0, 0.05) is 25.9 Å². The summed E-state index contributed by atoms with van der Waals surface area (Å²) in [5.74, 6) is 0.0876. The standard InChI is InChI=1S/C15H18N2O4/c1-20-10-11(8-9-18)16-14(19)6-7-15-17-12-4-2-3-5-13(12)21-15/h2-7,11,18H,8-10H2,1H3,(H,16,19)/b7-6+. The molecule has 0 radical (unpaired) electrons. The molecule has 21 heavy (non-hydrogen) atoms. The van der Waals surface area contributed by atoms with E-state index in [9.17, 15) is 4.79 Å². The lowest BCUT2D eigenvalue weighted by Gasteiger charge is -2.15. The zero-order chi connectivity index (χ0) is 15.1. The molecule has 2 aromatic rings. The van der Waals surface area contributed by atoms with Gasteiger partial charge in [0.1, 0.15) is 5.52 Å². The first-order valence-electron chi connectivity index (χ1n) is 6.67. The Kier molecular flexibility index (Phi) is 5.48. The molecule has 2 rings (SSSR count). The lowest BCUT2D eigenvalue weighted by Crippen LogP contribution is -2.37. The number of oxazole rings is 1. The molecule has 2 N–H and O–H groups in total. The van der Waals surface area contributed by atoms with Crippen LogP contribution in [-0.2, 0) is 9.53 Å². The number of nitrogens with zero attached hydrogens (tertiary/aromatic N) is 1. The lowest BCUT2D eigenvalue weighted by molar-refractivity contribution is -0.117. The summed E-state index contributed by atoms with van der Waals surface area (Å²) in [7, 11) is 1.55. The number of fused-ring (bicyclic) bond motifs is 1. The topological polar surface area (TPSA) is 84.6 Å². The highest BCUT2D eigenvalue weighted by molar-refractivity contribution is 5.91. The van der Waals surface area contributed by atoms with E-state index in [0.717, 1.165) is 5.52 Å². The summed E-state index contributed by atoms with van der Waals surface area (Å²) in [5, 5.41) is 11.7. The van der Waals surface area contributed by atoms with Crippen molar-refractivity contribution < 1.29 is 19.1 Å². The molecule has 1 aromatic heterocycles. The molecule has 0 saturated heterocycles. The van der Waals surface area contributed by atoms with Crippen molar-refractivity contribution >= 4 is 23.1 Å². The predicted octanol–water partition coefficient (Wildman–Crippen LogP) is 1.35. The predicted molar refractivity (Wildman–Crippen MR) is 78.6 cm³/mol. The van der Waals surface area contributed by atoms with Crippen molar-refractivity contribution in [2.24, 2.45) is 0 Å². The van der Waals surface area contributed by atoms with Crippen LogP contribution in [0, 0.1) is 0 Å². The van der Waals surface area contributed by atoms with Gasteiger partial charge in [0.2, 0.25) is 11.8 Å². The van der Waals surface area contributed by atoms with E-state index in [1.807, 2.05) is 24.3 Å². The van der Waals surface area contributed by atoms with Gasteiger partial charge in [0.25, 0.3) is 0 Å². The van der Waals surface area contributed by atoms with Crippen LogP contribution in [0.15, 0.2) is 34.8 Å². The average molecular weight is 290 g/mol. The highest BCUT2D eigenvalue weighted by Gasteiger charge is 2.10. The summed E-state index contributed by atoms with van der Waals surface area (Å²) in [4.78, 5) is 16.0. The molecule has 0 aliphatic heterocycles. The van der Waals surface area contributed by atoms with Crippen LogP contribution in [0.2, 0.25) is 0 Å². The zero-order valence-electron chi connectivity index (χ0n) is 11.8. The van der Waals surface area contributed by atoms with Gasteiger partial charge in [-0.3, -0.25) is 4.79 Å². The van der Waals surface area contributed by atoms with E-state index in [-0.39, 0.29) is 18.6 Å². The molecule has 1 amide bonds. The van der Waals surface area contributed by atoms with Crippen LogP contribution in [0.1, 0.15) is 12.3 Å². The van der Waals surface area contributed by atoms with Crippen LogP contribution < -0.4 is 5.32 Å². The van der Waals surface area contributed by atoms with E-state index in [4.69, 9.17) is 14.3 Å². The van der Waals surface area contributed by atoms with Crippen molar-refractivity contribution in [3.05, 3.63) is 36.2 Å². The Morgan fingerprint density at radius 1 is 1.52 bits per heavy atom. The fourth-order valence-corrected chi connectivity index (χ4v) is 1.91. The first kappa shape index (κ1) is 15.2. The first-order valence-corrected chi connectivity index (χ1v) is 6.67. The van der Waals surface area contributed by atoms with Gasteiger partial charge < -0.3 is 19.6 Å². The summed E-state index contributed by atoms with van der Waals surface area (Å²) in [6.45, 7) is 0.339. The molecule has 1 unspecified atom stereocenters. The molecule has 1 aromatic carbocycles. The second-order valence-electron chi connectivity index (χ2n) is 4.53. The van der Waals surface area contributed by atoms with Crippen molar-refractivity contribution in [3.63, 3.8) is 0 Å².